The summed E-state index contributed by atoms with van der Waals surface area (Å²) in [4.78, 5) is 29.1. The van der Waals surface area contributed by atoms with Crippen LogP contribution in [0.15, 0.2) is 88.8 Å². The second-order valence-electron chi connectivity index (χ2n) is 8.00. The van der Waals surface area contributed by atoms with Gasteiger partial charge >= 0.3 is 0 Å². The van der Waals surface area contributed by atoms with E-state index in [1.165, 1.54) is 36.0 Å². The number of carbonyl (C=O) groups excluding carboxylic acids is 2. The van der Waals surface area contributed by atoms with E-state index < -0.39 is 0 Å². The van der Waals surface area contributed by atoms with Gasteiger partial charge in [0.25, 0.3) is 5.91 Å². The zero-order valence-electron chi connectivity index (χ0n) is 19.1. The fourth-order valence-corrected chi connectivity index (χ4v) is 5.73. The number of anilines is 2. The summed E-state index contributed by atoms with van der Waals surface area (Å²) in [7, 11) is 0. The van der Waals surface area contributed by atoms with Gasteiger partial charge in [-0.3, -0.25) is 14.5 Å². The molecule has 3 aromatic carbocycles. The van der Waals surface area contributed by atoms with E-state index in [9.17, 15) is 14.0 Å². The molecular formula is C27H20FN3O2S3. The fourth-order valence-electron chi connectivity index (χ4n) is 3.99. The van der Waals surface area contributed by atoms with Gasteiger partial charge in [-0.25, -0.2) is 4.39 Å². The van der Waals surface area contributed by atoms with E-state index >= 15 is 0 Å². The van der Waals surface area contributed by atoms with E-state index in [-0.39, 0.29) is 24.2 Å². The van der Waals surface area contributed by atoms with Crippen molar-refractivity contribution < 1.29 is 14.0 Å². The number of hydrogen-bond donors (Lipinski definition) is 1. The van der Waals surface area contributed by atoms with E-state index in [1.54, 1.807) is 16.7 Å². The summed E-state index contributed by atoms with van der Waals surface area (Å²) in [6, 6.07) is 21.1. The van der Waals surface area contributed by atoms with Gasteiger partial charge in [-0.15, -0.1) is 11.8 Å². The third kappa shape index (κ3) is 4.95. The topological polar surface area (TPSA) is 54.3 Å². The van der Waals surface area contributed by atoms with Gasteiger partial charge < -0.3 is 9.88 Å². The van der Waals surface area contributed by atoms with E-state index in [1.807, 2.05) is 71.6 Å². The number of benzene rings is 3. The van der Waals surface area contributed by atoms with Crippen molar-refractivity contribution in [1.29, 1.82) is 0 Å². The van der Waals surface area contributed by atoms with Crippen molar-refractivity contribution in [1.82, 2.24) is 4.57 Å². The minimum Gasteiger partial charge on any atom is -0.337 e. The summed E-state index contributed by atoms with van der Waals surface area (Å²) in [6.07, 6.45) is 5.67. The number of aromatic nitrogens is 1. The lowest BCUT2D eigenvalue weighted by molar-refractivity contribution is -0.116. The zero-order valence-corrected chi connectivity index (χ0v) is 21.6. The molecule has 2 heterocycles. The predicted octanol–water partition coefficient (Wildman–Crippen LogP) is 6.55. The van der Waals surface area contributed by atoms with Crippen LogP contribution in [0.25, 0.3) is 17.0 Å². The van der Waals surface area contributed by atoms with Crippen molar-refractivity contribution in [2.75, 3.05) is 16.5 Å². The van der Waals surface area contributed by atoms with Crippen molar-refractivity contribution in [3.8, 4) is 0 Å². The minimum atomic E-state index is -0.364. The number of halogens is 1. The Bertz CT molecular complexity index is 1530. The van der Waals surface area contributed by atoms with Crippen LogP contribution in [0.4, 0.5) is 15.8 Å². The minimum absolute atomic E-state index is 0.0637. The van der Waals surface area contributed by atoms with Crippen molar-refractivity contribution in [2.45, 2.75) is 11.4 Å². The molecule has 0 unspecified atom stereocenters. The van der Waals surface area contributed by atoms with Crippen molar-refractivity contribution in [2.24, 2.45) is 0 Å². The lowest BCUT2D eigenvalue weighted by atomic mass is 10.1. The molecule has 1 saturated heterocycles. The molecule has 0 spiro atoms. The maximum absolute atomic E-state index is 13.3. The molecule has 1 aliphatic heterocycles. The molecule has 4 aromatic rings. The molecule has 36 heavy (non-hydrogen) atoms. The van der Waals surface area contributed by atoms with Crippen LogP contribution in [0.3, 0.4) is 0 Å². The van der Waals surface area contributed by atoms with Crippen molar-refractivity contribution >= 4 is 80.2 Å². The average molecular weight is 534 g/mol. The third-order valence-electron chi connectivity index (χ3n) is 5.65. The number of nitrogens with one attached hydrogen (secondary N) is 1. The highest BCUT2D eigenvalue weighted by Gasteiger charge is 2.33. The molecule has 1 aliphatic rings. The molecule has 1 fully saturated rings. The number of rotatable bonds is 6. The van der Waals surface area contributed by atoms with Gasteiger partial charge in [0.15, 0.2) is 4.32 Å². The van der Waals surface area contributed by atoms with Gasteiger partial charge in [-0.1, -0.05) is 48.2 Å². The largest absolute Gasteiger partial charge is 0.337 e. The molecule has 1 N–H and O–H groups in total. The van der Waals surface area contributed by atoms with Gasteiger partial charge in [0, 0.05) is 33.2 Å². The van der Waals surface area contributed by atoms with E-state index in [0.717, 1.165) is 27.0 Å². The van der Waals surface area contributed by atoms with Gasteiger partial charge in [0.05, 0.1) is 10.6 Å². The second kappa shape index (κ2) is 10.3. The van der Waals surface area contributed by atoms with E-state index in [4.69, 9.17) is 12.2 Å². The molecule has 0 saturated carbocycles. The van der Waals surface area contributed by atoms with Crippen LogP contribution in [0.2, 0.25) is 0 Å². The normalized spacial score (nSPS) is 14.7. The van der Waals surface area contributed by atoms with Gasteiger partial charge in [-0.2, -0.15) is 0 Å². The summed E-state index contributed by atoms with van der Waals surface area (Å²) in [5, 5.41) is 3.70. The Morgan fingerprint density at radius 1 is 1.11 bits per heavy atom. The Morgan fingerprint density at radius 3 is 2.67 bits per heavy atom. The molecule has 0 radical (unpaired) electrons. The standard InChI is InChI=1S/C27H20FN3O2S3/c1-35-21-6-4-5-20(14-21)31-26(33)24(36-27(31)34)13-17-15-30(23-8-3-2-7-22(17)23)16-25(32)29-19-11-9-18(28)10-12-19/h2-15H,16H2,1H3,(H,29,32)/b24-13-. The smallest absolute Gasteiger partial charge is 0.270 e. The first-order valence-electron chi connectivity index (χ1n) is 11.0. The number of nitrogens with zero attached hydrogens (tertiary/aromatic N) is 2. The summed E-state index contributed by atoms with van der Waals surface area (Å²) >= 11 is 8.40. The van der Waals surface area contributed by atoms with Crippen LogP contribution in [0, 0.1) is 5.82 Å². The molecule has 0 atom stereocenters. The monoisotopic (exact) mass is 533 g/mol. The number of fused-ring (bicyclic) bond motifs is 1. The Kier molecular flexibility index (Phi) is 6.95. The first kappa shape index (κ1) is 24.3. The maximum Gasteiger partial charge on any atom is 0.270 e. The highest BCUT2D eigenvalue weighted by Crippen LogP contribution is 2.38. The Labute approximate surface area is 221 Å². The zero-order chi connectivity index (χ0) is 25.2. The average Bonchev–Trinajstić information content (AvgIpc) is 3.36. The maximum atomic E-state index is 13.3. The number of thioether (sulfide) groups is 2. The molecule has 1 aromatic heterocycles. The summed E-state index contributed by atoms with van der Waals surface area (Å²) in [5.41, 5.74) is 2.94. The highest BCUT2D eigenvalue weighted by molar-refractivity contribution is 8.27. The van der Waals surface area contributed by atoms with Gasteiger partial charge in [-0.05, 0) is 60.9 Å². The predicted molar refractivity (Wildman–Crippen MR) is 151 cm³/mol. The van der Waals surface area contributed by atoms with Crippen molar-refractivity contribution in [3.63, 3.8) is 0 Å². The molecular weight excluding hydrogens is 514 g/mol. The summed E-state index contributed by atoms with van der Waals surface area (Å²) < 4.78 is 15.5. The molecule has 5 nitrogen and oxygen atoms in total. The highest BCUT2D eigenvalue weighted by atomic mass is 32.2. The molecule has 180 valence electrons. The van der Waals surface area contributed by atoms with Crippen LogP contribution in [-0.2, 0) is 16.1 Å². The van der Waals surface area contributed by atoms with Gasteiger partial charge in [0.1, 0.15) is 12.4 Å². The van der Waals surface area contributed by atoms with Crippen LogP contribution < -0.4 is 10.2 Å². The number of thiocarbonyl (C=S) groups is 1. The SMILES string of the molecule is CSc1cccc(N2C(=O)/C(=C/c3cn(CC(=O)Nc4ccc(F)cc4)c4ccccc34)SC2=S)c1. The summed E-state index contributed by atoms with van der Waals surface area (Å²) in [6.45, 7) is 0.0637. The second-order valence-corrected chi connectivity index (χ2v) is 10.6. The first-order chi connectivity index (χ1) is 17.4. The third-order valence-corrected chi connectivity index (χ3v) is 7.68. The van der Waals surface area contributed by atoms with Crippen molar-refractivity contribution in [3.05, 3.63) is 95.3 Å². The lowest BCUT2D eigenvalue weighted by Gasteiger charge is -2.15. The van der Waals surface area contributed by atoms with E-state index in [2.05, 4.69) is 5.32 Å². The Morgan fingerprint density at radius 2 is 1.89 bits per heavy atom. The van der Waals surface area contributed by atoms with Crippen LogP contribution >= 0.6 is 35.7 Å². The number of carbonyl (C=O) groups is 2. The number of para-hydroxylation sites is 1. The molecule has 9 heteroatoms. The fraction of sp³-hybridized carbons (Fsp3) is 0.0741. The number of hydrogen-bond acceptors (Lipinski definition) is 5. The quantitative estimate of drug-likeness (QED) is 0.173. The lowest BCUT2D eigenvalue weighted by Crippen LogP contribution is -2.27. The Hall–Kier alpha value is -3.40. The first-order valence-corrected chi connectivity index (χ1v) is 13.4. The van der Waals surface area contributed by atoms with Gasteiger partial charge in [0.2, 0.25) is 5.91 Å². The Balaban J connectivity index is 1.43. The molecule has 5 rings (SSSR count). The molecule has 2 amide bonds. The van der Waals surface area contributed by atoms with Crippen LogP contribution in [0.1, 0.15) is 5.56 Å². The number of amides is 2. The summed E-state index contributed by atoms with van der Waals surface area (Å²) in [5.74, 6) is -0.778. The van der Waals surface area contributed by atoms with Crippen LogP contribution in [0.5, 0.6) is 0 Å². The van der Waals surface area contributed by atoms with Crippen LogP contribution in [-0.4, -0.2) is 27.0 Å². The van der Waals surface area contributed by atoms with E-state index in [0.29, 0.717) is 14.9 Å². The molecule has 0 aliphatic carbocycles. The molecule has 0 bridgehead atoms.